The minimum atomic E-state index is -0.250. The number of aryl methyl sites for hydroxylation is 2. The Morgan fingerprint density at radius 2 is 1.71 bits per heavy atom. The molecule has 1 heterocycles. The number of amides is 1. The Morgan fingerprint density at radius 3 is 2.54 bits per heavy atom. The van der Waals surface area contributed by atoms with Crippen LogP contribution in [0.15, 0.2) is 72.8 Å². The summed E-state index contributed by atoms with van der Waals surface area (Å²) in [7, 11) is 0. The molecule has 3 aromatic carbocycles. The zero-order chi connectivity index (χ0) is 24.6. The van der Waals surface area contributed by atoms with Crippen molar-refractivity contribution in [3.8, 4) is 11.5 Å². The van der Waals surface area contributed by atoms with E-state index in [1.54, 1.807) is 0 Å². The number of carbonyl (C=O) groups excluding carboxylic acids is 1. The van der Waals surface area contributed by atoms with E-state index in [4.69, 9.17) is 14.5 Å². The van der Waals surface area contributed by atoms with Crippen LogP contribution in [-0.2, 0) is 11.3 Å². The molecule has 35 heavy (non-hydrogen) atoms. The molecule has 1 N–H and O–H groups in total. The summed E-state index contributed by atoms with van der Waals surface area (Å²) in [6, 6.07) is 23.3. The van der Waals surface area contributed by atoms with E-state index in [1.165, 1.54) is 11.1 Å². The van der Waals surface area contributed by atoms with Crippen LogP contribution in [-0.4, -0.2) is 28.7 Å². The van der Waals surface area contributed by atoms with E-state index >= 15 is 0 Å². The van der Waals surface area contributed by atoms with Gasteiger partial charge in [0, 0.05) is 6.54 Å². The highest BCUT2D eigenvalue weighted by Crippen LogP contribution is 2.23. The quantitative estimate of drug-likeness (QED) is 0.282. The lowest BCUT2D eigenvalue weighted by molar-refractivity contribution is -0.123. The maximum Gasteiger partial charge on any atom is 0.258 e. The maximum atomic E-state index is 12.5. The van der Waals surface area contributed by atoms with E-state index in [-0.39, 0.29) is 18.6 Å². The molecule has 182 valence electrons. The molecule has 0 bridgehead atoms. The summed E-state index contributed by atoms with van der Waals surface area (Å²) in [5.74, 6) is 2.29. The molecule has 1 unspecified atom stereocenters. The van der Waals surface area contributed by atoms with Crippen molar-refractivity contribution in [2.24, 2.45) is 0 Å². The average Bonchev–Trinajstić information content (AvgIpc) is 3.24. The van der Waals surface area contributed by atoms with Gasteiger partial charge in [0.05, 0.1) is 23.7 Å². The van der Waals surface area contributed by atoms with Gasteiger partial charge in [-0.1, -0.05) is 42.5 Å². The minimum absolute atomic E-state index is 0.0374. The number of imidazole rings is 1. The summed E-state index contributed by atoms with van der Waals surface area (Å²) in [6.45, 7) is 7.57. The summed E-state index contributed by atoms with van der Waals surface area (Å²) in [5, 5.41) is 3.03. The third-order valence-electron chi connectivity index (χ3n) is 6.15. The molecule has 6 nitrogen and oxygen atoms in total. The highest BCUT2D eigenvalue weighted by atomic mass is 16.5. The Hall–Kier alpha value is -3.80. The number of fused-ring (bicyclic) bond motifs is 1. The number of para-hydroxylation sites is 3. The Morgan fingerprint density at radius 1 is 0.943 bits per heavy atom. The monoisotopic (exact) mass is 471 g/mol. The van der Waals surface area contributed by atoms with Gasteiger partial charge >= 0.3 is 0 Å². The lowest BCUT2D eigenvalue weighted by atomic mass is 10.1. The van der Waals surface area contributed by atoms with Gasteiger partial charge in [0.15, 0.2) is 6.61 Å². The summed E-state index contributed by atoms with van der Waals surface area (Å²) in [6.07, 6.45) is 1.86. The first-order valence-electron chi connectivity index (χ1n) is 12.1. The topological polar surface area (TPSA) is 65.4 Å². The van der Waals surface area contributed by atoms with Gasteiger partial charge in [-0.15, -0.1) is 0 Å². The van der Waals surface area contributed by atoms with Crippen LogP contribution in [0.4, 0.5) is 0 Å². The molecule has 0 spiro atoms. The predicted octanol–water partition coefficient (Wildman–Crippen LogP) is 5.77. The number of hydrogen-bond acceptors (Lipinski definition) is 4. The lowest BCUT2D eigenvalue weighted by Crippen LogP contribution is -2.32. The maximum absolute atomic E-state index is 12.5. The standard InChI is InChI=1S/C29H33N3O3/c1-21-12-11-17-27(22(21)2)34-19-10-9-18-32-26-16-8-7-15-25(26)31-29(32)23(3)30-28(33)20-35-24-13-5-4-6-14-24/h4-8,11-17,23H,9-10,18-20H2,1-3H3,(H,30,33). The fourth-order valence-electron chi connectivity index (χ4n) is 4.11. The molecule has 4 aromatic rings. The van der Waals surface area contributed by atoms with Crippen molar-refractivity contribution in [3.63, 3.8) is 0 Å². The van der Waals surface area contributed by atoms with Gasteiger partial charge in [-0.05, 0) is 75.1 Å². The summed E-state index contributed by atoms with van der Waals surface area (Å²) in [4.78, 5) is 17.4. The van der Waals surface area contributed by atoms with Gasteiger partial charge in [-0.2, -0.15) is 0 Å². The molecule has 6 heteroatoms. The van der Waals surface area contributed by atoms with Crippen molar-refractivity contribution in [1.29, 1.82) is 0 Å². The fourth-order valence-corrected chi connectivity index (χ4v) is 4.11. The Labute approximate surface area is 206 Å². The number of unbranched alkanes of at least 4 members (excludes halogenated alkanes) is 1. The molecule has 0 aliphatic carbocycles. The van der Waals surface area contributed by atoms with Gasteiger partial charge in [0.1, 0.15) is 17.3 Å². The smallest absolute Gasteiger partial charge is 0.258 e. The molecule has 1 amide bonds. The molecule has 1 aromatic heterocycles. The number of benzene rings is 3. The van der Waals surface area contributed by atoms with E-state index in [0.29, 0.717) is 12.4 Å². The molecule has 0 aliphatic heterocycles. The molecule has 0 radical (unpaired) electrons. The molecule has 0 fully saturated rings. The lowest BCUT2D eigenvalue weighted by Gasteiger charge is -2.17. The zero-order valence-electron chi connectivity index (χ0n) is 20.7. The fraction of sp³-hybridized carbons (Fsp3) is 0.310. The van der Waals surface area contributed by atoms with Crippen LogP contribution in [0.2, 0.25) is 0 Å². The highest BCUT2D eigenvalue weighted by molar-refractivity contribution is 5.79. The van der Waals surface area contributed by atoms with Gasteiger partial charge < -0.3 is 19.4 Å². The van der Waals surface area contributed by atoms with Crippen LogP contribution >= 0.6 is 0 Å². The second-order valence-electron chi connectivity index (χ2n) is 8.75. The Kier molecular flexibility index (Phi) is 8.03. The predicted molar refractivity (Wildman–Crippen MR) is 139 cm³/mol. The largest absolute Gasteiger partial charge is 0.493 e. The average molecular weight is 472 g/mol. The van der Waals surface area contributed by atoms with Crippen molar-refractivity contribution in [2.45, 2.75) is 46.2 Å². The third-order valence-corrected chi connectivity index (χ3v) is 6.15. The molecular formula is C29H33N3O3. The van der Waals surface area contributed by atoms with Crippen LogP contribution in [0.5, 0.6) is 11.5 Å². The zero-order valence-corrected chi connectivity index (χ0v) is 20.7. The van der Waals surface area contributed by atoms with Gasteiger partial charge in [-0.25, -0.2) is 4.98 Å². The van der Waals surface area contributed by atoms with E-state index in [1.807, 2.05) is 67.6 Å². The van der Waals surface area contributed by atoms with E-state index in [0.717, 1.165) is 42.0 Å². The number of rotatable bonds is 11. The number of nitrogens with zero attached hydrogens (tertiary/aromatic N) is 2. The van der Waals surface area contributed by atoms with Crippen LogP contribution in [0.3, 0.4) is 0 Å². The van der Waals surface area contributed by atoms with Gasteiger partial charge in [0.2, 0.25) is 0 Å². The van der Waals surface area contributed by atoms with Crippen LogP contribution in [0.1, 0.15) is 42.8 Å². The summed E-state index contributed by atoms with van der Waals surface area (Å²) >= 11 is 0. The first-order chi connectivity index (χ1) is 17.0. The van der Waals surface area contributed by atoms with Gasteiger partial charge in [0.25, 0.3) is 5.91 Å². The second kappa shape index (κ2) is 11.6. The van der Waals surface area contributed by atoms with E-state index in [2.05, 4.69) is 35.9 Å². The van der Waals surface area contributed by atoms with E-state index < -0.39 is 0 Å². The number of hydrogen-bond donors (Lipinski definition) is 1. The summed E-state index contributed by atoms with van der Waals surface area (Å²) in [5.41, 5.74) is 4.42. The molecule has 4 rings (SSSR count). The van der Waals surface area contributed by atoms with Crippen molar-refractivity contribution in [1.82, 2.24) is 14.9 Å². The minimum Gasteiger partial charge on any atom is -0.493 e. The normalized spacial score (nSPS) is 11.9. The number of nitrogens with one attached hydrogen (secondary N) is 1. The first-order valence-corrected chi connectivity index (χ1v) is 12.1. The molecule has 0 aliphatic rings. The Balaban J connectivity index is 1.36. The van der Waals surface area contributed by atoms with Crippen molar-refractivity contribution >= 4 is 16.9 Å². The van der Waals surface area contributed by atoms with Crippen LogP contribution in [0.25, 0.3) is 11.0 Å². The Bertz CT molecular complexity index is 1270. The number of carbonyl (C=O) groups is 1. The number of aromatic nitrogens is 2. The van der Waals surface area contributed by atoms with Crippen molar-refractivity contribution < 1.29 is 14.3 Å². The van der Waals surface area contributed by atoms with Crippen LogP contribution in [0, 0.1) is 13.8 Å². The molecular weight excluding hydrogens is 438 g/mol. The second-order valence-corrected chi connectivity index (χ2v) is 8.75. The molecule has 0 saturated heterocycles. The van der Waals surface area contributed by atoms with Crippen molar-refractivity contribution in [3.05, 3.63) is 89.7 Å². The van der Waals surface area contributed by atoms with Gasteiger partial charge in [-0.3, -0.25) is 4.79 Å². The number of ether oxygens (including phenoxy) is 2. The first kappa shape index (κ1) is 24.3. The molecule has 1 atom stereocenters. The van der Waals surface area contributed by atoms with Crippen molar-refractivity contribution in [2.75, 3.05) is 13.2 Å². The van der Waals surface area contributed by atoms with E-state index in [9.17, 15) is 4.79 Å². The van der Waals surface area contributed by atoms with Crippen LogP contribution < -0.4 is 14.8 Å². The molecule has 0 saturated carbocycles. The SMILES string of the molecule is Cc1cccc(OCCCCn2c(C(C)NC(=O)COc3ccccc3)nc3ccccc32)c1C. The highest BCUT2D eigenvalue weighted by Gasteiger charge is 2.18. The third kappa shape index (κ3) is 6.21. The summed E-state index contributed by atoms with van der Waals surface area (Å²) < 4.78 is 13.8.